The van der Waals surface area contributed by atoms with Crippen LogP contribution in [0.15, 0.2) is 0 Å². The Balaban J connectivity index is 2.93. The molecule has 1 rings (SSSR count). The third-order valence-corrected chi connectivity index (χ3v) is 4.51. The molecule has 0 bridgehead atoms. The lowest BCUT2D eigenvalue weighted by molar-refractivity contribution is -0.145. The number of likely N-dealkylation sites (N-methyl/N-ethyl adjacent to an activating group) is 1. The third kappa shape index (κ3) is 1.23. The minimum absolute atomic E-state index is 0.0161. The average Bonchev–Trinajstić information content (AvgIpc) is 2.15. The molecule has 0 aromatic carbocycles. The molecule has 12 heavy (non-hydrogen) atoms. The molecule has 1 aliphatic heterocycles. The molecule has 0 spiro atoms. The number of hydrogen-bond acceptors (Lipinski definition) is 3. The van der Waals surface area contributed by atoms with Crippen LogP contribution in [0.5, 0.6) is 0 Å². The minimum atomic E-state index is -0.749. The van der Waals surface area contributed by atoms with Gasteiger partial charge in [-0.05, 0) is 27.8 Å². The highest BCUT2D eigenvalue weighted by atomic mass is 32.2. The smallest absolute Gasteiger partial charge is 0.334 e. The van der Waals surface area contributed by atoms with E-state index in [2.05, 4.69) is 13.8 Å². The van der Waals surface area contributed by atoms with Gasteiger partial charge < -0.3 is 5.11 Å². The van der Waals surface area contributed by atoms with E-state index in [0.29, 0.717) is 0 Å². The molecule has 1 aliphatic rings. The Bertz CT molecular complexity index is 217. The summed E-state index contributed by atoms with van der Waals surface area (Å²) < 4.78 is 0. The molecule has 4 heteroatoms. The molecule has 1 fully saturated rings. The molecule has 1 heterocycles. The standard InChI is InChI=1S/C8H15NO2S/c1-7(2)5-12-8(3,6(10)11)9(7)4/h5H2,1-4H3,(H,10,11). The lowest BCUT2D eigenvalue weighted by Crippen LogP contribution is -2.51. The van der Waals surface area contributed by atoms with Crippen molar-refractivity contribution in [2.75, 3.05) is 12.8 Å². The highest BCUT2D eigenvalue weighted by molar-refractivity contribution is 8.01. The van der Waals surface area contributed by atoms with E-state index in [0.717, 1.165) is 5.75 Å². The van der Waals surface area contributed by atoms with Crippen LogP contribution in [0.25, 0.3) is 0 Å². The zero-order valence-corrected chi connectivity index (χ0v) is 8.73. The van der Waals surface area contributed by atoms with Crippen LogP contribution in [-0.2, 0) is 4.79 Å². The molecule has 0 aromatic heterocycles. The molecule has 0 aromatic rings. The number of carboxylic acids is 1. The summed E-state index contributed by atoms with van der Waals surface area (Å²) in [6.45, 7) is 5.89. The zero-order valence-electron chi connectivity index (χ0n) is 7.92. The maximum Gasteiger partial charge on any atom is 0.334 e. The molecule has 1 N–H and O–H groups in total. The average molecular weight is 189 g/mol. The quantitative estimate of drug-likeness (QED) is 0.674. The van der Waals surface area contributed by atoms with Gasteiger partial charge in [-0.25, -0.2) is 4.79 Å². The monoisotopic (exact) mass is 189 g/mol. The second-order valence-electron chi connectivity index (χ2n) is 3.95. The summed E-state index contributed by atoms with van der Waals surface area (Å²) in [4.78, 5) is 12.1. The van der Waals surface area contributed by atoms with E-state index in [-0.39, 0.29) is 5.54 Å². The molecule has 0 aliphatic carbocycles. The molecular formula is C8H15NO2S. The molecule has 1 unspecified atom stereocenters. The van der Waals surface area contributed by atoms with Gasteiger partial charge in [0.1, 0.15) is 0 Å². The fourth-order valence-electron chi connectivity index (χ4n) is 1.29. The molecule has 3 nitrogen and oxygen atoms in total. The van der Waals surface area contributed by atoms with Crippen LogP contribution >= 0.6 is 11.8 Å². The lowest BCUT2D eigenvalue weighted by atomic mass is 10.0. The summed E-state index contributed by atoms with van der Waals surface area (Å²) in [7, 11) is 1.87. The second kappa shape index (κ2) is 2.64. The molecule has 0 radical (unpaired) electrons. The van der Waals surface area contributed by atoms with E-state index in [4.69, 9.17) is 5.11 Å². The van der Waals surface area contributed by atoms with E-state index in [9.17, 15) is 4.79 Å². The number of rotatable bonds is 1. The number of carbonyl (C=O) groups is 1. The van der Waals surface area contributed by atoms with E-state index in [1.807, 2.05) is 11.9 Å². The Morgan fingerprint density at radius 3 is 2.17 bits per heavy atom. The van der Waals surface area contributed by atoms with E-state index >= 15 is 0 Å². The van der Waals surface area contributed by atoms with Crippen molar-refractivity contribution in [1.29, 1.82) is 0 Å². The molecule has 0 saturated carbocycles. The first kappa shape index (κ1) is 9.86. The fraction of sp³-hybridized carbons (Fsp3) is 0.875. The largest absolute Gasteiger partial charge is 0.479 e. The highest BCUT2D eigenvalue weighted by Gasteiger charge is 2.50. The normalized spacial score (nSPS) is 35.3. The van der Waals surface area contributed by atoms with E-state index in [1.165, 1.54) is 11.8 Å². The maximum atomic E-state index is 11.0. The van der Waals surface area contributed by atoms with Crippen LogP contribution in [0, 0.1) is 0 Å². The molecule has 1 atom stereocenters. The van der Waals surface area contributed by atoms with Gasteiger partial charge in [0.2, 0.25) is 0 Å². The van der Waals surface area contributed by atoms with Crippen LogP contribution < -0.4 is 0 Å². The van der Waals surface area contributed by atoms with Gasteiger partial charge >= 0.3 is 5.97 Å². The van der Waals surface area contributed by atoms with Gasteiger partial charge in [-0.2, -0.15) is 0 Å². The summed E-state index contributed by atoms with van der Waals surface area (Å²) >= 11 is 1.49. The first-order valence-electron chi connectivity index (χ1n) is 3.92. The van der Waals surface area contributed by atoms with Crippen molar-refractivity contribution in [1.82, 2.24) is 4.90 Å². The molecule has 1 saturated heterocycles. The Morgan fingerprint density at radius 1 is 1.50 bits per heavy atom. The summed E-state index contributed by atoms with van der Waals surface area (Å²) in [5.74, 6) is 0.118. The summed E-state index contributed by atoms with van der Waals surface area (Å²) in [5, 5.41) is 9.01. The number of aliphatic carboxylic acids is 1. The molecular weight excluding hydrogens is 174 g/mol. The van der Waals surface area contributed by atoms with Gasteiger partial charge in [0, 0.05) is 11.3 Å². The maximum absolute atomic E-state index is 11.0. The van der Waals surface area contributed by atoms with Crippen molar-refractivity contribution < 1.29 is 9.90 Å². The van der Waals surface area contributed by atoms with Gasteiger partial charge in [0.25, 0.3) is 0 Å². The Morgan fingerprint density at radius 2 is 2.00 bits per heavy atom. The van der Waals surface area contributed by atoms with Crippen molar-refractivity contribution in [3.8, 4) is 0 Å². The molecule has 0 amide bonds. The number of carboxylic acid groups (broad SMARTS) is 1. The fourth-order valence-corrected chi connectivity index (χ4v) is 2.69. The Hall–Kier alpha value is -0.220. The lowest BCUT2D eigenvalue weighted by Gasteiger charge is -2.34. The third-order valence-electron chi connectivity index (χ3n) is 2.65. The van der Waals surface area contributed by atoms with Gasteiger partial charge in [0.15, 0.2) is 4.87 Å². The van der Waals surface area contributed by atoms with Gasteiger partial charge in [-0.3, -0.25) is 4.90 Å². The first-order chi connectivity index (χ1) is 5.31. The summed E-state index contributed by atoms with van der Waals surface area (Å²) in [5.41, 5.74) is -0.0161. The van der Waals surface area contributed by atoms with Gasteiger partial charge in [0.05, 0.1) is 0 Å². The van der Waals surface area contributed by atoms with Crippen molar-refractivity contribution in [2.45, 2.75) is 31.2 Å². The topological polar surface area (TPSA) is 40.5 Å². The van der Waals surface area contributed by atoms with Crippen LogP contribution in [-0.4, -0.2) is 39.2 Å². The van der Waals surface area contributed by atoms with E-state index < -0.39 is 10.8 Å². The van der Waals surface area contributed by atoms with Crippen LogP contribution in [0.3, 0.4) is 0 Å². The number of hydrogen-bond donors (Lipinski definition) is 1. The Kier molecular flexibility index (Phi) is 2.17. The SMILES string of the molecule is CN1C(C)(C)CSC1(C)C(=O)O. The number of thioether (sulfide) groups is 1. The van der Waals surface area contributed by atoms with Crippen molar-refractivity contribution >= 4 is 17.7 Å². The molecule has 70 valence electrons. The predicted molar refractivity (Wildman–Crippen MR) is 50.3 cm³/mol. The second-order valence-corrected chi connectivity index (χ2v) is 5.32. The van der Waals surface area contributed by atoms with Crippen LogP contribution in [0.2, 0.25) is 0 Å². The van der Waals surface area contributed by atoms with Gasteiger partial charge in [-0.15, -0.1) is 11.8 Å². The van der Waals surface area contributed by atoms with Crippen molar-refractivity contribution in [2.24, 2.45) is 0 Å². The van der Waals surface area contributed by atoms with Crippen LogP contribution in [0.1, 0.15) is 20.8 Å². The summed E-state index contributed by atoms with van der Waals surface area (Å²) in [6, 6.07) is 0. The zero-order chi connectivity index (χ0) is 9.57. The van der Waals surface area contributed by atoms with Gasteiger partial charge in [-0.1, -0.05) is 0 Å². The number of nitrogens with zero attached hydrogens (tertiary/aromatic N) is 1. The summed E-state index contributed by atoms with van der Waals surface area (Å²) in [6.07, 6.45) is 0. The van der Waals surface area contributed by atoms with Crippen molar-refractivity contribution in [3.05, 3.63) is 0 Å². The van der Waals surface area contributed by atoms with Crippen molar-refractivity contribution in [3.63, 3.8) is 0 Å². The Labute approximate surface area is 77.1 Å². The minimum Gasteiger partial charge on any atom is -0.479 e. The highest BCUT2D eigenvalue weighted by Crippen LogP contribution is 2.43. The van der Waals surface area contributed by atoms with E-state index in [1.54, 1.807) is 6.92 Å². The predicted octanol–water partition coefficient (Wildman–Crippen LogP) is 1.24. The first-order valence-corrected chi connectivity index (χ1v) is 4.90. The van der Waals surface area contributed by atoms with Crippen LogP contribution in [0.4, 0.5) is 0 Å².